The first-order chi connectivity index (χ1) is 10.1. The zero-order chi connectivity index (χ0) is 14.8. The van der Waals surface area contributed by atoms with Gasteiger partial charge in [-0.15, -0.1) is 11.3 Å². The third-order valence-corrected chi connectivity index (χ3v) is 5.12. The van der Waals surface area contributed by atoms with Gasteiger partial charge in [-0.05, 0) is 30.7 Å². The summed E-state index contributed by atoms with van der Waals surface area (Å²) < 4.78 is 0. The Morgan fingerprint density at radius 2 is 2.10 bits per heavy atom. The highest BCUT2D eigenvalue weighted by Crippen LogP contribution is 2.39. The maximum atomic E-state index is 11.3. The summed E-state index contributed by atoms with van der Waals surface area (Å²) in [4.78, 5) is 15.1. The minimum atomic E-state index is -0.000196. The Hall–Kier alpha value is -1.65. The Labute approximate surface area is 129 Å². The van der Waals surface area contributed by atoms with Gasteiger partial charge in [0.25, 0.3) is 0 Å². The van der Waals surface area contributed by atoms with Gasteiger partial charge in [0.2, 0.25) is 5.91 Å². The number of thiophene rings is 1. The first kappa shape index (κ1) is 14.3. The fourth-order valence-electron chi connectivity index (χ4n) is 2.91. The first-order valence-corrected chi connectivity index (χ1v) is 8.09. The smallest absolute Gasteiger partial charge is 0.221 e. The summed E-state index contributed by atoms with van der Waals surface area (Å²) in [5.41, 5.74) is 2.73. The number of amides is 1. The van der Waals surface area contributed by atoms with Crippen molar-refractivity contribution in [3.8, 4) is 0 Å². The Morgan fingerprint density at radius 3 is 2.81 bits per heavy atom. The standard InChI is InChI=1S/C17H20N2OS/c1-12(20)18-16-10-14-8-9-19(2)11-15(17(14)21-16)13-6-4-3-5-7-13/h3-7,10,15H,8-9,11H2,1-2H3,(H,18,20). The summed E-state index contributed by atoms with van der Waals surface area (Å²) in [5.74, 6) is 0.390. The molecule has 1 aromatic carbocycles. The van der Waals surface area contributed by atoms with E-state index in [1.807, 2.05) is 0 Å². The van der Waals surface area contributed by atoms with Crippen LogP contribution in [-0.4, -0.2) is 30.9 Å². The van der Waals surface area contributed by atoms with Crippen LogP contribution in [0.4, 0.5) is 5.00 Å². The van der Waals surface area contributed by atoms with Crippen molar-refractivity contribution in [2.24, 2.45) is 0 Å². The number of fused-ring (bicyclic) bond motifs is 1. The molecular weight excluding hydrogens is 280 g/mol. The summed E-state index contributed by atoms with van der Waals surface area (Å²) >= 11 is 1.72. The van der Waals surface area contributed by atoms with Crippen LogP contribution in [0.1, 0.15) is 28.8 Å². The lowest BCUT2D eigenvalue weighted by molar-refractivity contribution is -0.114. The zero-order valence-electron chi connectivity index (χ0n) is 12.4. The van der Waals surface area contributed by atoms with Crippen LogP contribution in [0.5, 0.6) is 0 Å². The quantitative estimate of drug-likeness (QED) is 0.922. The molecule has 3 rings (SSSR count). The number of hydrogen-bond acceptors (Lipinski definition) is 3. The fraction of sp³-hybridized carbons (Fsp3) is 0.353. The molecule has 1 aromatic heterocycles. The second kappa shape index (κ2) is 6.00. The lowest BCUT2D eigenvalue weighted by Crippen LogP contribution is -2.24. The van der Waals surface area contributed by atoms with E-state index in [4.69, 9.17) is 0 Å². The molecule has 2 aromatic rings. The Bertz CT molecular complexity index is 635. The molecule has 1 unspecified atom stereocenters. The molecule has 1 amide bonds. The van der Waals surface area contributed by atoms with E-state index in [1.165, 1.54) is 16.0 Å². The molecule has 110 valence electrons. The highest BCUT2D eigenvalue weighted by molar-refractivity contribution is 7.16. The Balaban J connectivity index is 2.00. The predicted octanol–water partition coefficient (Wildman–Crippen LogP) is 3.33. The lowest BCUT2D eigenvalue weighted by atomic mass is 9.95. The van der Waals surface area contributed by atoms with E-state index in [0.29, 0.717) is 5.92 Å². The van der Waals surface area contributed by atoms with Crippen LogP contribution in [-0.2, 0) is 11.2 Å². The fourth-order valence-corrected chi connectivity index (χ4v) is 4.19. The highest BCUT2D eigenvalue weighted by Gasteiger charge is 2.25. The molecule has 1 atom stereocenters. The average molecular weight is 300 g/mol. The Kier molecular flexibility index (Phi) is 4.08. The second-order valence-corrected chi connectivity index (χ2v) is 6.74. The van der Waals surface area contributed by atoms with E-state index in [1.54, 1.807) is 18.3 Å². The number of likely N-dealkylation sites (N-methyl/N-ethyl adjacent to an activating group) is 1. The summed E-state index contributed by atoms with van der Waals surface area (Å²) in [6, 6.07) is 12.8. The van der Waals surface area contributed by atoms with Gasteiger partial charge < -0.3 is 10.2 Å². The molecule has 0 fully saturated rings. The van der Waals surface area contributed by atoms with Crippen molar-refractivity contribution in [1.82, 2.24) is 4.90 Å². The second-order valence-electron chi connectivity index (χ2n) is 5.66. The molecular formula is C17H20N2OS. The molecule has 21 heavy (non-hydrogen) atoms. The van der Waals surface area contributed by atoms with Crippen LogP contribution in [0, 0.1) is 0 Å². The van der Waals surface area contributed by atoms with Crippen LogP contribution < -0.4 is 5.32 Å². The van der Waals surface area contributed by atoms with Crippen LogP contribution in [0.15, 0.2) is 36.4 Å². The SMILES string of the molecule is CC(=O)Nc1cc2c(s1)C(c1ccccc1)CN(C)CC2. The van der Waals surface area contributed by atoms with Crippen molar-refractivity contribution < 1.29 is 4.79 Å². The Morgan fingerprint density at radius 1 is 1.33 bits per heavy atom. The summed E-state index contributed by atoms with van der Waals surface area (Å²) in [6.07, 6.45) is 1.05. The summed E-state index contributed by atoms with van der Waals surface area (Å²) in [7, 11) is 2.18. The van der Waals surface area contributed by atoms with E-state index < -0.39 is 0 Å². The lowest BCUT2D eigenvalue weighted by Gasteiger charge is -2.20. The van der Waals surface area contributed by atoms with Crippen LogP contribution in [0.2, 0.25) is 0 Å². The molecule has 0 bridgehead atoms. The monoisotopic (exact) mass is 300 g/mol. The normalized spacial score (nSPS) is 18.9. The highest BCUT2D eigenvalue weighted by atomic mass is 32.1. The van der Waals surface area contributed by atoms with Gasteiger partial charge in [0.05, 0.1) is 5.00 Å². The molecule has 2 heterocycles. The third kappa shape index (κ3) is 3.17. The largest absolute Gasteiger partial charge is 0.318 e. The van der Waals surface area contributed by atoms with Gasteiger partial charge in [-0.1, -0.05) is 30.3 Å². The minimum absolute atomic E-state index is 0.000196. The van der Waals surface area contributed by atoms with E-state index in [-0.39, 0.29) is 5.91 Å². The van der Waals surface area contributed by atoms with Crippen molar-refractivity contribution in [1.29, 1.82) is 0 Å². The molecule has 0 aliphatic carbocycles. The summed E-state index contributed by atoms with van der Waals surface area (Å²) in [6.45, 7) is 3.65. The zero-order valence-corrected chi connectivity index (χ0v) is 13.2. The number of anilines is 1. The molecule has 3 nitrogen and oxygen atoms in total. The van der Waals surface area contributed by atoms with E-state index in [2.05, 4.69) is 53.7 Å². The molecule has 1 N–H and O–H groups in total. The molecule has 0 saturated carbocycles. The summed E-state index contributed by atoms with van der Waals surface area (Å²) in [5, 5.41) is 3.90. The van der Waals surface area contributed by atoms with Gasteiger partial charge in [-0.2, -0.15) is 0 Å². The topological polar surface area (TPSA) is 32.3 Å². The van der Waals surface area contributed by atoms with Crippen molar-refractivity contribution in [2.45, 2.75) is 19.3 Å². The van der Waals surface area contributed by atoms with Gasteiger partial charge in [-0.3, -0.25) is 4.79 Å². The van der Waals surface area contributed by atoms with Gasteiger partial charge in [0.15, 0.2) is 0 Å². The van der Waals surface area contributed by atoms with Crippen LogP contribution >= 0.6 is 11.3 Å². The molecule has 1 aliphatic heterocycles. The van der Waals surface area contributed by atoms with E-state index >= 15 is 0 Å². The number of carbonyl (C=O) groups excluding carboxylic acids is 1. The number of benzene rings is 1. The molecule has 0 saturated heterocycles. The number of rotatable bonds is 2. The average Bonchev–Trinajstić information content (AvgIpc) is 2.78. The maximum absolute atomic E-state index is 11.3. The molecule has 1 aliphatic rings. The van der Waals surface area contributed by atoms with Crippen molar-refractivity contribution in [3.63, 3.8) is 0 Å². The van der Waals surface area contributed by atoms with Gasteiger partial charge in [-0.25, -0.2) is 0 Å². The maximum Gasteiger partial charge on any atom is 0.221 e. The number of carbonyl (C=O) groups is 1. The van der Waals surface area contributed by atoms with Crippen molar-refractivity contribution in [2.75, 3.05) is 25.5 Å². The molecule has 4 heteroatoms. The van der Waals surface area contributed by atoms with Gasteiger partial charge >= 0.3 is 0 Å². The third-order valence-electron chi connectivity index (χ3n) is 3.92. The molecule has 0 spiro atoms. The number of hydrogen-bond donors (Lipinski definition) is 1. The van der Waals surface area contributed by atoms with Gasteiger partial charge in [0.1, 0.15) is 0 Å². The van der Waals surface area contributed by atoms with Crippen molar-refractivity contribution >= 4 is 22.2 Å². The van der Waals surface area contributed by atoms with Crippen molar-refractivity contribution in [3.05, 3.63) is 52.4 Å². The van der Waals surface area contributed by atoms with Crippen LogP contribution in [0.3, 0.4) is 0 Å². The predicted molar refractivity (Wildman–Crippen MR) is 88.1 cm³/mol. The van der Waals surface area contributed by atoms with Gasteiger partial charge in [0, 0.05) is 30.8 Å². The minimum Gasteiger partial charge on any atom is -0.318 e. The van der Waals surface area contributed by atoms with E-state index in [9.17, 15) is 4.79 Å². The first-order valence-electron chi connectivity index (χ1n) is 7.27. The van der Waals surface area contributed by atoms with E-state index in [0.717, 1.165) is 24.5 Å². The van der Waals surface area contributed by atoms with Crippen LogP contribution in [0.25, 0.3) is 0 Å². The molecule has 0 radical (unpaired) electrons. The number of nitrogens with one attached hydrogen (secondary N) is 1. The number of nitrogens with zero attached hydrogens (tertiary/aromatic N) is 1.